The van der Waals surface area contributed by atoms with Crippen LogP contribution in [-0.2, 0) is 0 Å². The highest BCUT2D eigenvalue weighted by Crippen LogP contribution is 2.61. The van der Waals surface area contributed by atoms with Crippen LogP contribution in [0.5, 0.6) is 0 Å². The summed E-state index contributed by atoms with van der Waals surface area (Å²) in [7, 11) is 0. The fourth-order valence-electron chi connectivity index (χ4n) is 7.48. The Kier molecular flexibility index (Phi) is 11.1. The zero-order chi connectivity index (χ0) is 26.6. The van der Waals surface area contributed by atoms with E-state index >= 15 is 0 Å². The van der Waals surface area contributed by atoms with E-state index in [1.807, 2.05) is 11.8 Å². The highest BCUT2D eigenvalue weighted by molar-refractivity contribution is 8.03. The van der Waals surface area contributed by atoms with Crippen LogP contribution in [0, 0.1) is 40.4 Å². The Bertz CT molecular complexity index is 761. The smallest absolute Gasteiger partial charge is 0.0337 e. The van der Waals surface area contributed by atoms with E-state index in [-0.39, 0.29) is 0 Å². The van der Waals surface area contributed by atoms with E-state index in [1.54, 1.807) is 0 Å². The van der Waals surface area contributed by atoms with Crippen molar-refractivity contribution >= 4 is 11.8 Å². The van der Waals surface area contributed by atoms with E-state index in [4.69, 9.17) is 13.2 Å². The third-order valence-corrected chi connectivity index (χ3v) is 11.6. The minimum Gasteiger partial charge on any atom is -0.123 e. The van der Waals surface area contributed by atoms with Crippen LogP contribution in [0.25, 0.3) is 0 Å². The molecular weight excluding hydrogens is 440 g/mol. The van der Waals surface area contributed by atoms with Crippen LogP contribution in [0.3, 0.4) is 0 Å². The Morgan fingerprint density at radius 1 is 0.971 bits per heavy atom. The number of rotatable bonds is 14. The lowest BCUT2D eigenvalue weighted by Gasteiger charge is -2.57. The Morgan fingerprint density at radius 2 is 1.57 bits per heavy atom. The molecule has 0 amide bonds. The van der Waals surface area contributed by atoms with Crippen LogP contribution >= 0.6 is 11.8 Å². The van der Waals surface area contributed by atoms with Crippen molar-refractivity contribution in [2.24, 2.45) is 40.4 Å². The highest BCUT2D eigenvalue weighted by Gasteiger charge is 2.52. The molecule has 0 aromatic rings. The number of hydrogen-bond acceptors (Lipinski definition) is 1. The average molecular weight is 499 g/mol. The first-order valence-electron chi connectivity index (χ1n) is 14.7. The van der Waals surface area contributed by atoms with Gasteiger partial charge in [-0.05, 0) is 83.5 Å². The van der Waals surface area contributed by atoms with Crippen molar-refractivity contribution in [2.75, 3.05) is 0 Å². The first-order valence-corrected chi connectivity index (χ1v) is 15.6. The second-order valence-electron chi connectivity index (χ2n) is 13.2. The molecule has 0 aromatic heterocycles. The summed E-state index contributed by atoms with van der Waals surface area (Å²) in [6.07, 6.45) is 13.1. The molecule has 200 valence electrons. The summed E-state index contributed by atoms with van der Waals surface area (Å²) >= 11 is 2.02. The van der Waals surface area contributed by atoms with Crippen LogP contribution in [0.4, 0.5) is 0 Å². The predicted molar refractivity (Wildman–Crippen MR) is 162 cm³/mol. The molecule has 0 aliphatic heterocycles. The number of allylic oxidation sites excluding steroid dienone is 3. The molecule has 2 aliphatic rings. The van der Waals surface area contributed by atoms with Gasteiger partial charge in [-0.15, -0.1) is 11.8 Å². The molecule has 0 N–H and O–H groups in total. The topological polar surface area (TPSA) is 0 Å². The maximum Gasteiger partial charge on any atom is 0.0337 e. The maximum absolute atomic E-state index is 4.83. The van der Waals surface area contributed by atoms with Crippen molar-refractivity contribution in [2.45, 2.75) is 125 Å². The number of thioether (sulfide) groups is 1. The van der Waals surface area contributed by atoms with Gasteiger partial charge < -0.3 is 0 Å². The van der Waals surface area contributed by atoms with E-state index in [0.29, 0.717) is 39.8 Å². The third-order valence-electron chi connectivity index (χ3n) is 10.3. The normalized spacial score (nSPS) is 26.6. The molecule has 2 aliphatic carbocycles. The molecule has 0 bridgehead atoms. The Balaban J connectivity index is 2.37. The number of unbranched alkanes of at least 4 members (excludes halogenated alkanes) is 1. The zero-order valence-electron chi connectivity index (χ0n) is 24.8. The molecule has 0 aromatic carbocycles. The van der Waals surface area contributed by atoms with Crippen molar-refractivity contribution in [3.05, 3.63) is 47.9 Å². The Hall–Kier alpha value is -0.690. The molecular formula is C34H58S. The summed E-state index contributed by atoms with van der Waals surface area (Å²) in [5.41, 5.74) is 4.57. The van der Waals surface area contributed by atoms with Crippen LogP contribution in [0.1, 0.15) is 120 Å². The molecule has 35 heavy (non-hydrogen) atoms. The van der Waals surface area contributed by atoms with Gasteiger partial charge in [0.05, 0.1) is 0 Å². The first kappa shape index (κ1) is 30.5. The second-order valence-corrected chi connectivity index (χ2v) is 14.6. The predicted octanol–water partition coefficient (Wildman–Crippen LogP) is 11.4. The molecule has 6 atom stereocenters. The van der Waals surface area contributed by atoms with Crippen molar-refractivity contribution in [1.82, 2.24) is 0 Å². The van der Waals surface area contributed by atoms with Crippen molar-refractivity contribution in [1.29, 1.82) is 0 Å². The van der Waals surface area contributed by atoms with Gasteiger partial charge in [0.2, 0.25) is 0 Å². The van der Waals surface area contributed by atoms with Gasteiger partial charge in [0.1, 0.15) is 0 Å². The summed E-state index contributed by atoms with van der Waals surface area (Å²) in [6.45, 7) is 37.6. The SMILES string of the molecule is C=C(C)C(=C)C(CCCC)SC(=C)C(C(C)C(=C)C(C)C1(C)CCCCC1)C1C(CC)CC1(C)C. The van der Waals surface area contributed by atoms with E-state index in [0.717, 1.165) is 17.9 Å². The molecule has 6 unspecified atom stereocenters. The van der Waals surface area contributed by atoms with Crippen molar-refractivity contribution in [3.63, 3.8) is 0 Å². The van der Waals surface area contributed by atoms with Gasteiger partial charge in [0.25, 0.3) is 0 Å². The zero-order valence-corrected chi connectivity index (χ0v) is 25.6. The molecule has 0 spiro atoms. The average Bonchev–Trinajstić information content (AvgIpc) is 2.81. The summed E-state index contributed by atoms with van der Waals surface area (Å²) in [5, 5.41) is 0.388. The molecule has 0 heterocycles. The maximum atomic E-state index is 4.83. The molecule has 0 saturated heterocycles. The molecule has 2 saturated carbocycles. The summed E-state index contributed by atoms with van der Waals surface area (Å²) < 4.78 is 0. The Morgan fingerprint density at radius 3 is 2.06 bits per heavy atom. The van der Waals surface area contributed by atoms with Gasteiger partial charge in [0.15, 0.2) is 0 Å². The second kappa shape index (κ2) is 12.7. The Labute approximate surface area is 224 Å². The third kappa shape index (κ3) is 7.00. The minimum atomic E-state index is 0.367. The van der Waals surface area contributed by atoms with Crippen LogP contribution in [0.2, 0.25) is 0 Å². The standard InChI is InChI=1S/C34H58S/c1-13-15-19-30(24(5)23(3)4)35-28(9)31(32-29(14-2)22-33(32,10)11)26(7)25(6)27(8)34(12)20-17-16-18-21-34/h26-27,29-32H,3,5-6,9,13-22H2,1-2,4,7-8,10-12H3. The fraction of sp³-hybridized carbons (Fsp3) is 0.765. The summed E-state index contributed by atoms with van der Waals surface area (Å²) in [4.78, 5) is 1.37. The fourth-order valence-corrected chi connectivity index (χ4v) is 8.98. The number of hydrogen-bond donors (Lipinski definition) is 0. The highest BCUT2D eigenvalue weighted by atomic mass is 32.2. The lowest BCUT2D eigenvalue weighted by Crippen LogP contribution is -2.50. The van der Waals surface area contributed by atoms with Crippen LogP contribution < -0.4 is 0 Å². The van der Waals surface area contributed by atoms with Gasteiger partial charge in [-0.3, -0.25) is 0 Å². The minimum absolute atomic E-state index is 0.367. The molecule has 0 nitrogen and oxygen atoms in total. The summed E-state index contributed by atoms with van der Waals surface area (Å²) in [6, 6.07) is 0. The molecule has 1 heteroatoms. The van der Waals surface area contributed by atoms with E-state index in [2.05, 4.69) is 68.5 Å². The lowest BCUT2D eigenvalue weighted by atomic mass is 9.48. The van der Waals surface area contributed by atoms with E-state index in [1.165, 1.54) is 73.8 Å². The lowest BCUT2D eigenvalue weighted by molar-refractivity contribution is -0.0546. The largest absolute Gasteiger partial charge is 0.123 e. The quantitative estimate of drug-likeness (QED) is 0.169. The summed E-state index contributed by atoms with van der Waals surface area (Å²) in [5.74, 6) is 2.95. The molecule has 2 rings (SSSR count). The molecule has 0 radical (unpaired) electrons. The first-order chi connectivity index (χ1) is 16.3. The van der Waals surface area contributed by atoms with Crippen molar-refractivity contribution < 1.29 is 0 Å². The van der Waals surface area contributed by atoms with Gasteiger partial charge in [-0.1, -0.05) is 124 Å². The van der Waals surface area contributed by atoms with Crippen LogP contribution in [-0.4, -0.2) is 5.25 Å². The molecule has 2 fully saturated rings. The monoisotopic (exact) mass is 498 g/mol. The van der Waals surface area contributed by atoms with E-state index in [9.17, 15) is 0 Å². The van der Waals surface area contributed by atoms with Gasteiger partial charge in [0, 0.05) is 5.25 Å². The van der Waals surface area contributed by atoms with Gasteiger partial charge in [-0.25, -0.2) is 0 Å². The van der Waals surface area contributed by atoms with Gasteiger partial charge >= 0.3 is 0 Å². The van der Waals surface area contributed by atoms with Crippen LogP contribution in [0.15, 0.2) is 47.9 Å². The van der Waals surface area contributed by atoms with Gasteiger partial charge in [-0.2, -0.15) is 0 Å². The van der Waals surface area contributed by atoms with Crippen molar-refractivity contribution in [3.8, 4) is 0 Å². The van der Waals surface area contributed by atoms with E-state index < -0.39 is 0 Å².